The molecule has 0 aliphatic heterocycles. The SMILES string of the molecule is COc1cccc2c1[C@@H](O[Si](C)(C)C)[C@@]1(O)CC(=O)C(C)=C([C@H](OC)[C@H]2OC)C1(C)C.COc1cccc2c1[C@@H](O[Si](C)(C)C)[C@@]1(O)CC(=O)C(C)=C([C@H](OC)[C@H]2OC)C1(C)C. The molecule has 62 heavy (non-hydrogen) atoms. The maximum absolute atomic E-state index is 13.2. The molecular weight excluding hydrogens is 825 g/mol. The Kier molecular flexibility index (Phi) is 14.3. The van der Waals surface area contributed by atoms with Gasteiger partial charge < -0.3 is 47.5 Å². The molecule has 0 heterocycles. The standard InChI is InChI=1S/2C24H36O6Si/c2*1-14-16(25)13-24(26)22(30-31(7,8)9)18-15(11-10-12-17(18)27-4)20(28-5)21(29-6)19(14)23(24,2)3/h2*10-12,20-22,26H,13H2,1-9H3/t2*20-,21-,22+,24-/m00/s1. The van der Waals surface area contributed by atoms with Crippen LogP contribution in [-0.4, -0.2) is 104 Å². The third-order valence-electron chi connectivity index (χ3n) is 13.7. The average Bonchev–Trinajstić information content (AvgIpc) is 3.18. The molecule has 0 saturated heterocycles. The molecule has 6 rings (SSSR count). The van der Waals surface area contributed by atoms with E-state index in [1.54, 1.807) is 42.7 Å². The number of hydrogen-bond donors (Lipinski definition) is 2. The molecule has 12 nitrogen and oxygen atoms in total. The highest BCUT2D eigenvalue weighted by atomic mass is 28.4. The Morgan fingerprint density at radius 2 is 0.839 bits per heavy atom. The fraction of sp³-hybridized carbons (Fsp3) is 0.625. The van der Waals surface area contributed by atoms with Crippen molar-refractivity contribution in [1.29, 1.82) is 0 Å². The van der Waals surface area contributed by atoms with Crippen LogP contribution in [0.25, 0.3) is 0 Å². The van der Waals surface area contributed by atoms with Crippen LogP contribution in [0.3, 0.4) is 0 Å². The van der Waals surface area contributed by atoms with Crippen molar-refractivity contribution in [2.24, 2.45) is 10.8 Å². The Labute approximate surface area is 371 Å². The first-order valence-corrected chi connectivity index (χ1v) is 28.2. The van der Waals surface area contributed by atoms with Crippen LogP contribution in [0.1, 0.15) is 101 Å². The first kappa shape index (κ1) is 50.0. The van der Waals surface area contributed by atoms with E-state index in [0.717, 1.165) is 33.4 Å². The molecule has 0 unspecified atom stereocenters. The van der Waals surface area contributed by atoms with Gasteiger partial charge in [-0.25, -0.2) is 0 Å². The molecule has 4 aliphatic rings. The molecule has 0 radical (unpaired) electrons. The smallest absolute Gasteiger partial charge is 0.184 e. The fourth-order valence-corrected chi connectivity index (χ4v) is 12.6. The average molecular weight is 897 g/mol. The molecule has 4 bridgehead atoms. The molecule has 2 aromatic rings. The zero-order valence-corrected chi connectivity index (χ0v) is 42.3. The topological polar surface area (TPSA) is 148 Å². The van der Waals surface area contributed by atoms with Gasteiger partial charge in [0.25, 0.3) is 0 Å². The number of methoxy groups -OCH3 is 6. The minimum Gasteiger partial charge on any atom is -0.496 e. The Balaban J connectivity index is 0.000000234. The lowest BCUT2D eigenvalue weighted by Gasteiger charge is -2.56. The molecular formula is C48H72O12Si2. The van der Waals surface area contributed by atoms with Crippen LogP contribution in [0.2, 0.25) is 39.3 Å². The van der Waals surface area contributed by atoms with Crippen LogP contribution >= 0.6 is 0 Å². The Bertz CT molecular complexity index is 1950. The second kappa shape index (κ2) is 17.7. The van der Waals surface area contributed by atoms with Gasteiger partial charge in [0.1, 0.15) is 59.3 Å². The van der Waals surface area contributed by atoms with Gasteiger partial charge in [0.15, 0.2) is 28.2 Å². The van der Waals surface area contributed by atoms with Gasteiger partial charge in [0, 0.05) is 63.2 Å². The predicted octanol–water partition coefficient (Wildman–Crippen LogP) is 8.70. The van der Waals surface area contributed by atoms with Crippen molar-refractivity contribution in [3.8, 4) is 11.5 Å². The molecule has 2 N–H and O–H groups in total. The molecule has 14 heteroatoms. The summed E-state index contributed by atoms with van der Waals surface area (Å²) in [4.78, 5) is 26.4. The zero-order valence-electron chi connectivity index (χ0n) is 40.3. The Morgan fingerprint density at radius 1 is 0.532 bits per heavy atom. The van der Waals surface area contributed by atoms with Crippen LogP contribution in [-0.2, 0) is 37.4 Å². The van der Waals surface area contributed by atoms with E-state index in [9.17, 15) is 19.8 Å². The third-order valence-corrected chi connectivity index (χ3v) is 15.6. The van der Waals surface area contributed by atoms with Gasteiger partial charge >= 0.3 is 0 Å². The molecule has 2 aromatic carbocycles. The van der Waals surface area contributed by atoms with Crippen molar-refractivity contribution in [3.63, 3.8) is 0 Å². The van der Waals surface area contributed by atoms with E-state index >= 15 is 0 Å². The summed E-state index contributed by atoms with van der Waals surface area (Å²) < 4.78 is 48.8. The van der Waals surface area contributed by atoms with E-state index < -0.39 is 75.3 Å². The molecule has 8 atom stereocenters. The molecule has 0 fully saturated rings. The highest BCUT2D eigenvalue weighted by molar-refractivity contribution is 6.70. The van der Waals surface area contributed by atoms with Crippen molar-refractivity contribution in [3.05, 3.63) is 80.9 Å². The summed E-state index contributed by atoms with van der Waals surface area (Å²) in [5.74, 6) is 1.00. The number of Topliss-reactive ketones (excluding diaryl/α,β-unsaturated/α-hetero) is 2. The van der Waals surface area contributed by atoms with E-state index in [1.165, 1.54) is 0 Å². The third kappa shape index (κ3) is 8.26. The lowest BCUT2D eigenvalue weighted by molar-refractivity contribution is -0.165. The first-order valence-electron chi connectivity index (χ1n) is 21.4. The van der Waals surface area contributed by atoms with Crippen LogP contribution in [0.5, 0.6) is 11.5 Å². The molecule has 0 aromatic heterocycles. The summed E-state index contributed by atoms with van der Waals surface area (Å²) in [6, 6.07) is 11.5. The van der Waals surface area contributed by atoms with Crippen LogP contribution in [0.15, 0.2) is 58.7 Å². The van der Waals surface area contributed by atoms with Crippen molar-refractivity contribution in [2.45, 2.75) is 141 Å². The largest absolute Gasteiger partial charge is 0.496 e. The maximum Gasteiger partial charge on any atom is 0.184 e. The van der Waals surface area contributed by atoms with Crippen LogP contribution in [0.4, 0.5) is 0 Å². The number of fused-ring (bicyclic) bond motifs is 6. The van der Waals surface area contributed by atoms with Gasteiger partial charge in [-0.15, -0.1) is 0 Å². The number of ether oxygens (including phenoxy) is 6. The predicted molar refractivity (Wildman–Crippen MR) is 244 cm³/mol. The maximum atomic E-state index is 13.2. The summed E-state index contributed by atoms with van der Waals surface area (Å²) in [7, 11) is 5.37. The van der Waals surface area contributed by atoms with Gasteiger partial charge in [-0.05, 0) is 98.7 Å². The number of rotatable bonds is 10. The highest BCUT2D eigenvalue weighted by Gasteiger charge is 2.63. The Morgan fingerprint density at radius 3 is 1.10 bits per heavy atom. The minimum absolute atomic E-state index is 0.0317. The summed E-state index contributed by atoms with van der Waals surface area (Å²) >= 11 is 0. The van der Waals surface area contributed by atoms with Crippen LogP contribution in [0, 0.1) is 10.8 Å². The lowest BCUT2D eigenvalue weighted by atomic mass is 9.56. The van der Waals surface area contributed by atoms with Crippen molar-refractivity contribution < 1.29 is 57.1 Å². The molecule has 0 spiro atoms. The lowest BCUT2D eigenvalue weighted by Crippen LogP contribution is -2.60. The van der Waals surface area contributed by atoms with Crippen molar-refractivity contribution in [1.82, 2.24) is 0 Å². The van der Waals surface area contributed by atoms with Gasteiger partial charge in [-0.3, -0.25) is 9.59 Å². The van der Waals surface area contributed by atoms with E-state index in [0.29, 0.717) is 22.6 Å². The molecule has 344 valence electrons. The van der Waals surface area contributed by atoms with Gasteiger partial charge in [0.05, 0.1) is 14.2 Å². The minimum atomic E-state index is -2.16. The van der Waals surface area contributed by atoms with E-state index in [2.05, 4.69) is 39.3 Å². The van der Waals surface area contributed by atoms with E-state index in [1.807, 2.05) is 77.9 Å². The summed E-state index contributed by atoms with van der Waals surface area (Å²) in [5.41, 5.74) is 1.30. The second-order valence-electron chi connectivity index (χ2n) is 20.1. The quantitative estimate of drug-likeness (QED) is 0.220. The van der Waals surface area contributed by atoms with Gasteiger partial charge in [0.2, 0.25) is 0 Å². The van der Waals surface area contributed by atoms with E-state index in [4.69, 9.17) is 37.3 Å². The number of allylic oxidation sites excluding steroid dienone is 2. The molecule has 0 saturated carbocycles. The molecule has 0 amide bonds. The number of carbonyl (C=O) groups is 2. The van der Waals surface area contributed by atoms with Crippen molar-refractivity contribution >= 4 is 28.2 Å². The number of benzene rings is 2. The van der Waals surface area contributed by atoms with Crippen LogP contribution < -0.4 is 9.47 Å². The Hall–Kier alpha value is -3.03. The zero-order chi connectivity index (χ0) is 46.7. The number of ketones is 2. The van der Waals surface area contributed by atoms with Gasteiger partial charge in [-0.1, -0.05) is 52.0 Å². The number of aliphatic hydroxyl groups is 2. The van der Waals surface area contributed by atoms with E-state index in [-0.39, 0.29) is 24.4 Å². The monoisotopic (exact) mass is 896 g/mol. The number of hydrogen-bond acceptors (Lipinski definition) is 12. The molecule has 4 aliphatic carbocycles. The summed E-state index contributed by atoms with van der Waals surface area (Å²) in [6.45, 7) is 24.0. The highest BCUT2D eigenvalue weighted by Crippen LogP contribution is 2.61. The summed E-state index contributed by atoms with van der Waals surface area (Å²) in [6.07, 6.45) is -3.67. The fourth-order valence-electron chi connectivity index (χ4n) is 10.5. The van der Waals surface area contributed by atoms with Crippen molar-refractivity contribution in [2.75, 3.05) is 42.7 Å². The second-order valence-corrected chi connectivity index (χ2v) is 29.1. The number of carbonyl (C=O) groups excluding carboxylic acids is 2. The normalized spacial score (nSPS) is 30.5. The summed E-state index contributed by atoms with van der Waals surface area (Å²) in [5, 5.41) is 24.8. The van der Waals surface area contributed by atoms with Gasteiger partial charge in [-0.2, -0.15) is 0 Å². The first-order chi connectivity index (χ1) is 28.7.